The number of halogens is 1. The molecule has 0 bridgehead atoms. The number of ether oxygens (including phenoxy) is 2. The smallest absolute Gasteiger partial charge is 0.411 e. The highest BCUT2D eigenvalue weighted by molar-refractivity contribution is 6.28. The third-order valence-electron chi connectivity index (χ3n) is 5.07. The number of aromatic nitrogens is 4. The van der Waals surface area contributed by atoms with Crippen molar-refractivity contribution in [2.75, 3.05) is 36.2 Å². The molecule has 0 spiro atoms. The number of hydrogen-bond acceptors (Lipinski definition) is 8. The fourth-order valence-corrected chi connectivity index (χ4v) is 3.56. The predicted octanol–water partition coefficient (Wildman–Crippen LogP) is 4.64. The lowest BCUT2D eigenvalue weighted by molar-refractivity contribution is 0.0914. The van der Waals surface area contributed by atoms with E-state index in [-0.39, 0.29) is 25.0 Å². The van der Waals surface area contributed by atoms with Crippen LogP contribution in [-0.2, 0) is 16.0 Å². The molecule has 2 aromatic carbocycles. The summed E-state index contributed by atoms with van der Waals surface area (Å²) in [6, 6.07) is 17.9. The van der Waals surface area contributed by atoms with Gasteiger partial charge in [-0.25, -0.2) is 14.6 Å². The van der Waals surface area contributed by atoms with Crippen molar-refractivity contribution < 1.29 is 19.1 Å². The molecule has 2 aromatic heterocycles. The summed E-state index contributed by atoms with van der Waals surface area (Å²) in [4.78, 5) is 37.4. The summed E-state index contributed by atoms with van der Waals surface area (Å²) in [7, 11) is 1.71. The molecule has 0 aliphatic heterocycles. The zero-order chi connectivity index (χ0) is 25.3. The average Bonchev–Trinajstić information content (AvgIpc) is 3.28. The third kappa shape index (κ3) is 6.60. The van der Waals surface area contributed by atoms with E-state index in [9.17, 15) is 9.59 Å². The first-order valence-corrected chi connectivity index (χ1v) is 11.4. The highest BCUT2D eigenvalue weighted by Gasteiger charge is 2.19. The van der Waals surface area contributed by atoms with Gasteiger partial charge in [-0.1, -0.05) is 36.4 Å². The van der Waals surface area contributed by atoms with Gasteiger partial charge in [0.25, 0.3) is 0 Å². The van der Waals surface area contributed by atoms with Gasteiger partial charge >= 0.3 is 12.2 Å². The number of fused-ring (bicyclic) bond motifs is 1. The minimum atomic E-state index is -0.627. The van der Waals surface area contributed by atoms with Crippen LogP contribution in [0, 0.1) is 5.92 Å². The van der Waals surface area contributed by atoms with E-state index < -0.39 is 18.1 Å². The lowest BCUT2D eigenvalue weighted by atomic mass is 10.2. The van der Waals surface area contributed by atoms with Crippen LogP contribution in [-0.4, -0.2) is 52.0 Å². The maximum atomic E-state index is 12.3. The molecule has 3 N–H and O–H groups in total. The Hall–Kier alpha value is -4.38. The van der Waals surface area contributed by atoms with E-state index in [2.05, 4.69) is 30.9 Å². The molecule has 0 aliphatic carbocycles. The number of rotatable bonds is 9. The van der Waals surface area contributed by atoms with Crippen molar-refractivity contribution in [2.45, 2.75) is 6.54 Å². The minimum absolute atomic E-state index is 0.0331. The Labute approximate surface area is 211 Å². The van der Waals surface area contributed by atoms with E-state index in [1.54, 1.807) is 66.5 Å². The second kappa shape index (κ2) is 11.8. The van der Waals surface area contributed by atoms with Gasteiger partial charge < -0.3 is 19.4 Å². The number of carbonyl (C=O) groups excluding carboxylic acids is 2. The summed E-state index contributed by atoms with van der Waals surface area (Å²) >= 11 is 6.07. The van der Waals surface area contributed by atoms with Gasteiger partial charge in [0.2, 0.25) is 5.28 Å². The van der Waals surface area contributed by atoms with Crippen molar-refractivity contribution in [2.24, 2.45) is 5.92 Å². The molecule has 4 aromatic rings. The van der Waals surface area contributed by atoms with Crippen molar-refractivity contribution in [3.8, 4) is 0 Å². The van der Waals surface area contributed by atoms with Crippen LogP contribution in [0.15, 0.2) is 67.0 Å². The summed E-state index contributed by atoms with van der Waals surface area (Å²) in [6.07, 6.45) is 0.328. The van der Waals surface area contributed by atoms with Gasteiger partial charge in [-0.15, -0.1) is 0 Å². The summed E-state index contributed by atoms with van der Waals surface area (Å²) in [5.41, 5.74) is 2.23. The van der Waals surface area contributed by atoms with Gasteiger partial charge in [-0.2, -0.15) is 9.97 Å². The SMILES string of the molecule is CNc1nc(Cl)nc2c1ncn2CC(COC(=O)Nc1ccccc1)COC(=O)Nc1ccccc1. The fourth-order valence-electron chi connectivity index (χ4n) is 3.40. The van der Waals surface area contributed by atoms with Crippen LogP contribution in [0.3, 0.4) is 0 Å². The first kappa shape index (κ1) is 24.7. The van der Waals surface area contributed by atoms with Crippen LogP contribution in [0.4, 0.5) is 26.8 Å². The highest BCUT2D eigenvalue weighted by Crippen LogP contribution is 2.21. The summed E-state index contributed by atoms with van der Waals surface area (Å²) in [5.74, 6) is 0.0644. The molecule has 0 aliphatic rings. The number of carbonyl (C=O) groups is 2. The minimum Gasteiger partial charge on any atom is -0.449 e. The van der Waals surface area contributed by atoms with Gasteiger partial charge in [-0.3, -0.25) is 10.6 Å². The van der Waals surface area contributed by atoms with Crippen LogP contribution in [0.5, 0.6) is 0 Å². The monoisotopic (exact) mass is 509 g/mol. The number of anilines is 3. The summed E-state index contributed by atoms with van der Waals surface area (Å²) in [6.45, 7) is 0.216. The Kier molecular flexibility index (Phi) is 8.14. The highest BCUT2D eigenvalue weighted by atomic mass is 35.5. The predicted molar refractivity (Wildman–Crippen MR) is 136 cm³/mol. The van der Waals surface area contributed by atoms with Crippen LogP contribution in [0.1, 0.15) is 0 Å². The van der Waals surface area contributed by atoms with Crippen LogP contribution in [0.2, 0.25) is 5.28 Å². The van der Waals surface area contributed by atoms with Gasteiger partial charge in [0, 0.05) is 30.9 Å². The van der Waals surface area contributed by atoms with Crippen LogP contribution >= 0.6 is 11.6 Å². The van der Waals surface area contributed by atoms with E-state index in [0.717, 1.165) is 0 Å². The summed E-state index contributed by atoms with van der Waals surface area (Å²) < 4.78 is 12.6. The van der Waals surface area contributed by atoms with Gasteiger partial charge in [-0.05, 0) is 35.9 Å². The molecule has 0 saturated heterocycles. The topological polar surface area (TPSA) is 132 Å². The fraction of sp³-hybridized carbons (Fsp3) is 0.208. The first-order chi connectivity index (χ1) is 17.5. The number of nitrogens with one attached hydrogen (secondary N) is 3. The zero-order valence-corrected chi connectivity index (χ0v) is 20.1. The molecular weight excluding hydrogens is 486 g/mol. The number of imidazole rings is 1. The molecule has 0 radical (unpaired) electrons. The molecule has 0 fully saturated rings. The van der Waals surface area contributed by atoms with E-state index in [1.807, 2.05) is 12.1 Å². The largest absolute Gasteiger partial charge is 0.449 e. The molecule has 11 nitrogen and oxygen atoms in total. The Morgan fingerprint density at radius 3 is 2.00 bits per heavy atom. The second-order valence-corrected chi connectivity index (χ2v) is 8.04. The van der Waals surface area contributed by atoms with Gasteiger partial charge in [0.05, 0.1) is 6.33 Å². The molecule has 4 rings (SSSR count). The zero-order valence-electron chi connectivity index (χ0n) is 19.3. The average molecular weight is 510 g/mol. The molecule has 2 heterocycles. The third-order valence-corrected chi connectivity index (χ3v) is 5.24. The van der Waals surface area contributed by atoms with E-state index >= 15 is 0 Å². The second-order valence-electron chi connectivity index (χ2n) is 7.71. The standard InChI is InChI=1S/C24H24ClN7O4/c1-26-20-19-21(31-22(25)30-20)32(15-27-19)12-16(13-35-23(33)28-17-8-4-2-5-9-17)14-36-24(34)29-18-10-6-3-7-11-18/h2-11,15-16H,12-14H2,1H3,(H,28,33)(H,29,34)(H,26,30,31). The van der Waals surface area contributed by atoms with Gasteiger partial charge in [0.15, 0.2) is 17.0 Å². The molecule has 12 heteroatoms. The van der Waals surface area contributed by atoms with Gasteiger partial charge in [0.1, 0.15) is 13.2 Å². The van der Waals surface area contributed by atoms with E-state index in [1.165, 1.54) is 0 Å². The molecule has 2 amide bonds. The van der Waals surface area contributed by atoms with Crippen molar-refractivity contribution in [3.05, 3.63) is 72.3 Å². The Morgan fingerprint density at radius 2 is 1.47 bits per heavy atom. The lowest BCUT2D eigenvalue weighted by Crippen LogP contribution is -2.27. The van der Waals surface area contributed by atoms with E-state index in [0.29, 0.717) is 28.4 Å². The number of nitrogens with zero attached hydrogens (tertiary/aromatic N) is 4. The van der Waals surface area contributed by atoms with Crippen LogP contribution in [0.25, 0.3) is 11.2 Å². The van der Waals surface area contributed by atoms with Crippen molar-refractivity contribution >= 4 is 52.1 Å². The number of para-hydroxylation sites is 2. The number of amides is 2. The normalized spacial score (nSPS) is 10.8. The number of benzene rings is 2. The van der Waals surface area contributed by atoms with E-state index in [4.69, 9.17) is 21.1 Å². The summed E-state index contributed by atoms with van der Waals surface area (Å²) in [5, 5.41) is 8.31. The maximum Gasteiger partial charge on any atom is 0.411 e. The molecule has 0 unspecified atom stereocenters. The van der Waals surface area contributed by atoms with Crippen LogP contribution < -0.4 is 16.0 Å². The lowest BCUT2D eigenvalue weighted by Gasteiger charge is -2.18. The Morgan fingerprint density at radius 1 is 0.917 bits per heavy atom. The van der Waals surface area contributed by atoms with Crippen molar-refractivity contribution in [1.29, 1.82) is 0 Å². The number of hydrogen-bond donors (Lipinski definition) is 3. The molecule has 0 atom stereocenters. The Balaban J connectivity index is 1.45. The molecular formula is C24H24ClN7O4. The van der Waals surface area contributed by atoms with Crippen molar-refractivity contribution in [1.82, 2.24) is 19.5 Å². The Bertz CT molecular complexity index is 1260. The molecule has 36 heavy (non-hydrogen) atoms. The molecule has 0 saturated carbocycles. The first-order valence-electron chi connectivity index (χ1n) is 11.1. The van der Waals surface area contributed by atoms with Crippen molar-refractivity contribution in [3.63, 3.8) is 0 Å². The quantitative estimate of drug-likeness (QED) is 0.278. The maximum absolute atomic E-state index is 12.3. The molecule has 186 valence electrons.